The Labute approximate surface area is 141 Å². The third kappa shape index (κ3) is 2.94. The third-order valence-electron chi connectivity index (χ3n) is 4.72. The molecular formula is C20H24BrN. The Morgan fingerprint density at radius 1 is 1.00 bits per heavy atom. The maximum absolute atomic E-state index is 3.62. The van der Waals surface area contributed by atoms with Gasteiger partial charge in [-0.15, -0.1) is 0 Å². The molecule has 2 heteroatoms. The van der Waals surface area contributed by atoms with Gasteiger partial charge in [0.05, 0.1) is 0 Å². The van der Waals surface area contributed by atoms with Gasteiger partial charge < -0.3 is 4.57 Å². The van der Waals surface area contributed by atoms with Gasteiger partial charge in [-0.3, -0.25) is 0 Å². The Kier molecular flexibility index (Phi) is 4.87. The zero-order valence-corrected chi connectivity index (χ0v) is 15.1. The van der Waals surface area contributed by atoms with E-state index in [1.54, 1.807) is 0 Å². The lowest BCUT2D eigenvalue weighted by atomic mass is 9.99. The van der Waals surface area contributed by atoms with Crippen molar-refractivity contribution >= 4 is 37.7 Å². The van der Waals surface area contributed by atoms with Crippen molar-refractivity contribution < 1.29 is 0 Å². The van der Waals surface area contributed by atoms with Crippen LogP contribution in [0.25, 0.3) is 21.8 Å². The molecule has 22 heavy (non-hydrogen) atoms. The average Bonchev–Trinajstić information content (AvgIpc) is 2.85. The highest BCUT2D eigenvalue weighted by Gasteiger charge is 2.14. The van der Waals surface area contributed by atoms with Crippen molar-refractivity contribution in [3.8, 4) is 0 Å². The SMILES string of the molecule is CCCCC(CC)Cn1c2ccccc2c2cc(Br)ccc21. The number of nitrogens with zero attached hydrogens (tertiary/aromatic N) is 1. The zero-order valence-electron chi connectivity index (χ0n) is 13.5. The molecule has 0 aliphatic rings. The average molecular weight is 358 g/mol. The van der Waals surface area contributed by atoms with Gasteiger partial charge in [-0.2, -0.15) is 0 Å². The Hall–Kier alpha value is -1.28. The zero-order chi connectivity index (χ0) is 15.5. The van der Waals surface area contributed by atoms with Crippen LogP contribution in [0.5, 0.6) is 0 Å². The van der Waals surface area contributed by atoms with Crippen molar-refractivity contribution in [2.45, 2.75) is 46.1 Å². The van der Waals surface area contributed by atoms with Crippen LogP contribution < -0.4 is 0 Å². The fourth-order valence-electron chi connectivity index (χ4n) is 3.40. The standard InChI is InChI=1S/C20H24BrN/c1-3-5-8-15(4-2)14-22-19-10-7-6-9-17(19)18-13-16(21)11-12-20(18)22/h6-7,9-13,15H,3-5,8,14H2,1-2H3. The lowest BCUT2D eigenvalue weighted by molar-refractivity contribution is 0.401. The monoisotopic (exact) mass is 357 g/mol. The van der Waals surface area contributed by atoms with E-state index < -0.39 is 0 Å². The van der Waals surface area contributed by atoms with E-state index in [9.17, 15) is 0 Å². The normalized spacial score (nSPS) is 13.0. The first-order chi connectivity index (χ1) is 10.7. The largest absolute Gasteiger partial charge is 0.340 e. The highest BCUT2D eigenvalue weighted by molar-refractivity contribution is 9.10. The summed E-state index contributed by atoms with van der Waals surface area (Å²) in [7, 11) is 0. The maximum atomic E-state index is 3.62. The van der Waals surface area contributed by atoms with Gasteiger partial charge in [0.2, 0.25) is 0 Å². The number of fused-ring (bicyclic) bond motifs is 3. The Balaban J connectivity index is 2.10. The highest BCUT2D eigenvalue weighted by Crippen LogP contribution is 2.32. The van der Waals surface area contributed by atoms with Crippen LogP contribution in [-0.4, -0.2) is 4.57 Å². The van der Waals surface area contributed by atoms with Gasteiger partial charge in [-0.05, 0) is 36.6 Å². The van der Waals surface area contributed by atoms with Crippen LogP contribution in [0.3, 0.4) is 0 Å². The molecule has 0 bridgehead atoms. The summed E-state index contributed by atoms with van der Waals surface area (Å²) in [4.78, 5) is 0. The molecule has 116 valence electrons. The first kappa shape index (κ1) is 15.6. The summed E-state index contributed by atoms with van der Waals surface area (Å²) in [6.07, 6.45) is 5.21. The van der Waals surface area contributed by atoms with Crippen LogP contribution in [0.15, 0.2) is 46.9 Å². The van der Waals surface area contributed by atoms with Crippen molar-refractivity contribution in [1.82, 2.24) is 4.57 Å². The summed E-state index contributed by atoms with van der Waals surface area (Å²) in [6.45, 7) is 5.73. The van der Waals surface area contributed by atoms with Gasteiger partial charge in [0.1, 0.15) is 0 Å². The lowest BCUT2D eigenvalue weighted by Crippen LogP contribution is -2.10. The molecule has 0 fully saturated rings. The van der Waals surface area contributed by atoms with E-state index in [4.69, 9.17) is 0 Å². The predicted octanol–water partition coefficient (Wildman–Crippen LogP) is 6.77. The van der Waals surface area contributed by atoms with E-state index >= 15 is 0 Å². The molecule has 3 rings (SSSR count). The van der Waals surface area contributed by atoms with Gasteiger partial charge in [0.15, 0.2) is 0 Å². The number of halogens is 1. The minimum Gasteiger partial charge on any atom is -0.340 e. The summed E-state index contributed by atoms with van der Waals surface area (Å²) < 4.78 is 3.68. The van der Waals surface area contributed by atoms with E-state index in [2.05, 4.69) is 76.8 Å². The van der Waals surface area contributed by atoms with Crippen LogP contribution in [0.4, 0.5) is 0 Å². The smallest absolute Gasteiger partial charge is 0.0492 e. The lowest BCUT2D eigenvalue weighted by Gasteiger charge is -2.17. The minimum atomic E-state index is 0.766. The van der Waals surface area contributed by atoms with Crippen molar-refractivity contribution in [1.29, 1.82) is 0 Å². The molecule has 0 saturated carbocycles. The van der Waals surface area contributed by atoms with E-state index in [0.29, 0.717) is 0 Å². The molecule has 1 unspecified atom stereocenters. The van der Waals surface area contributed by atoms with E-state index in [0.717, 1.165) is 16.9 Å². The topological polar surface area (TPSA) is 4.93 Å². The van der Waals surface area contributed by atoms with Crippen molar-refractivity contribution in [3.05, 3.63) is 46.9 Å². The summed E-state index contributed by atoms with van der Waals surface area (Å²) >= 11 is 3.62. The third-order valence-corrected chi connectivity index (χ3v) is 5.21. The summed E-state index contributed by atoms with van der Waals surface area (Å²) in [6, 6.07) is 15.5. The molecule has 0 saturated heterocycles. The van der Waals surface area contributed by atoms with E-state index in [-0.39, 0.29) is 0 Å². The maximum Gasteiger partial charge on any atom is 0.0492 e. The summed E-state index contributed by atoms with van der Waals surface area (Å²) in [5, 5.41) is 2.72. The molecule has 1 aromatic heterocycles. The van der Waals surface area contributed by atoms with Gasteiger partial charge in [0.25, 0.3) is 0 Å². The molecule has 2 aromatic carbocycles. The van der Waals surface area contributed by atoms with Crippen LogP contribution in [-0.2, 0) is 6.54 Å². The Morgan fingerprint density at radius 3 is 2.55 bits per heavy atom. The number of unbranched alkanes of at least 4 members (excludes halogenated alkanes) is 1. The summed E-state index contributed by atoms with van der Waals surface area (Å²) in [5.74, 6) is 0.766. The Bertz CT molecular complexity index is 772. The molecular weight excluding hydrogens is 334 g/mol. The molecule has 0 spiro atoms. The number of para-hydroxylation sites is 1. The molecule has 0 aliphatic carbocycles. The van der Waals surface area contributed by atoms with Gasteiger partial charge in [-0.25, -0.2) is 0 Å². The molecule has 0 amide bonds. The Morgan fingerprint density at radius 2 is 1.77 bits per heavy atom. The second-order valence-electron chi connectivity index (χ2n) is 6.21. The van der Waals surface area contributed by atoms with Crippen LogP contribution in [0, 0.1) is 5.92 Å². The first-order valence-electron chi connectivity index (χ1n) is 8.41. The van der Waals surface area contributed by atoms with E-state index in [1.807, 2.05) is 0 Å². The second kappa shape index (κ2) is 6.87. The van der Waals surface area contributed by atoms with Crippen LogP contribution >= 0.6 is 15.9 Å². The molecule has 3 aromatic rings. The van der Waals surface area contributed by atoms with Gasteiger partial charge in [-0.1, -0.05) is 67.2 Å². The second-order valence-corrected chi connectivity index (χ2v) is 7.12. The fraction of sp³-hybridized carbons (Fsp3) is 0.400. The number of hydrogen-bond acceptors (Lipinski definition) is 0. The fourth-order valence-corrected chi connectivity index (χ4v) is 3.76. The number of rotatable bonds is 6. The van der Waals surface area contributed by atoms with Gasteiger partial charge in [0, 0.05) is 32.8 Å². The van der Waals surface area contributed by atoms with Crippen molar-refractivity contribution in [2.75, 3.05) is 0 Å². The van der Waals surface area contributed by atoms with Crippen LogP contribution in [0.1, 0.15) is 39.5 Å². The molecule has 0 radical (unpaired) electrons. The number of hydrogen-bond donors (Lipinski definition) is 0. The molecule has 0 aliphatic heterocycles. The molecule has 0 N–H and O–H groups in total. The molecule has 1 heterocycles. The van der Waals surface area contributed by atoms with E-state index in [1.165, 1.54) is 47.5 Å². The molecule has 1 atom stereocenters. The number of benzene rings is 2. The van der Waals surface area contributed by atoms with Crippen LogP contribution in [0.2, 0.25) is 0 Å². The molecule has 1 nitrogen and oxygen atoms in total. The highest BCUT2D eigenvalue weighted by atomic mass is 79.9. The summed E-state index contributed by atoms with van der Waals surface area (Å²) in [5.41, 5.74) is 2.73. The minimum absolute atomic E-state index is 0.766. The first-order valence-corrected chi connectivity index (χ1v) is 9.20. The van der Waals surface area contributed by atoms with Crippen molar-refractivity contribution in [3.63, 3.8) is 0 Å². The van der Waals surface area contributed by atoms with Gasteiger partial charge >= 0.3 is 0 Å². The quantitative estimate of drug-likeness (QED) is 0.458. The van der Waals surface area contributed by atoms with Crippen molar-refractivity contribution in [2.24, 2.45) is 5.92 Å². The predicted molar refractivity (Wildman–Crippen MR) is 100 cm³/mol. The number of aromatic nitrogens is 1.